The first-order valence-electron chi connectivity index (χ1n) is 7.84. The van der Waals surface area contributed by atoms with E-state index in [4.69, 9.17) is 4.74 Å². The largest absolute Gasteiger partial charge is 0.507 e. The lowest BCUT2D eigenvalue weighted by molar-refractivity contribution is 0.0950. The van der Waals surface area contributed by atoms with Gasteiger partial charge in [-0.3, -0.25) is 4.79 Å². The second-order valence-electron chi connectivity index (χ2n) is 5.71. The minimum absolute atomic E-state index is 0.0551. The molecule has 2 N–H and O–H groups in total. The zero-order valence-corrected chi connectivity index (χ0v) is 13.9. The number of hydrogen-bond acceptors (Lipinski definition) is 4. The standard InChI is InChI=1S/C17H28N2O3/c1-19(2)12-8-6-4-5-7-11-18-17(21)15-10-9-14(22-3)13-16(15)20/h9-10,13,20H,4-8,11-12H2,1-3H3,(H,18,21). The molecule has 0 aliphatic carbocycles. The molecule has 0 saturated heterocycles. The van der Waals surface area contributed by atoms with Gasteiger partial charge in [0.1, 0.15) is 11.5 Å². The Morgan fingerprint density at radius 3 is 2.50 bits per heavy atom. The van der Waals surface area contributed by atoms with E-state index in [-0.39, 0.29) is 17.2 Å². The summed E-state index contributed by atoms with van der Waals surface area (Å²) in [5, 5.41) is 12.6. The van der Waals surface area contributed by atoms with Gasteiger partial charge in [-0.1, -0.05) is 19.3 Å². The SMILES string of the molecule is COc1ccc(C(=O)NCCCCCCCN(C)C)c(O)c1. The second-order valence-corrected chi connectivity index (χ2v) is 5.71. The van der Waals surface area contributed by atoms with Gasteiger partial charge in [0.05, 0.1) is 12.7 Å². The summed E-state index contributed by atoms with van der Waals surface area (Å²) in [6, 6.07) is 4.68. The fourth-order valence-corrected chi connectivity index (χ4v) is 2.21. The van der Waals surface area contributed by atoms with Crippen LogP contribution in [0.2, 0.25) is 0 Å². The molecule has 0 atom stereocenters. The van der Waals surface area contributed by atoms with E-state index >= 15 is 0 Å². The van der Waals surface area contributed by atoms with Crippen LogP contribution < -0.4 is 10.1 Å². The number of unbranched alkanes of at least 4 members (excludes halogenated alkanes) is 4. The Balaban J connectivity index is 2.18. The predicted octanol–water partition coefficient (Wildman–Crippen LogP) is 2.64. The van der Waals surface area contributed by atoms with E-state index in [2.05, 4.69) is 24.3 Å². The van der Waals surface area contributed by atoms with E-state index in [1.54, 1.807) is 12.1 Å². The van der Waals surface area contributed by atoms with Crippen LogP contribution in [0, 0.1) is 0 Å². The average molecular weight is 308 g/mol. The molecule has 0 spiro atoms. The molecular formula is C17H28N2O3. The first-order valence-corrected chi connectivity index (χ1v) is 7.84. The summed E-state index contributed by atoms with van der Waals surface area (Å²) in [7, 11) is 5.70. The number of phenolic OH excluding ortho intramolecular Hbond substituents is 1. The van der Waals surface area contributed by atoms with Crippen LogP contribution in [0.25, 0.3) is 0 Å². The number of rotatable bonds is 10. The molecule has 0 unspecified atom stereocenters. The molecule has 1 aromatic carbocycles. The lowest BCUT2D eigenvalue weighted by atomic mass is 10.1. The third kappa shape index (κ3) is 6.80. The summed E-state index contributed by atoms with van der Waals surface area (Å²) in [5.41, 5.74) is 0.284. The molecule has 124 valence electrons. The monoisotopic (exact) mass is 308 g/mol. The number of amides is 1. The maximum absolute atomic E-state index is 12.0. The van der Waals surface area contributed by atoms with Crippen molar-refractivity contribution in [2.45, 2.75) is 32.1 Å². The fraction of sp³-hybridized carbons (Fsp3) is 0.588. The van der Waals surface area contributed by atoms with Gasteiger partial charge in [0.2, 0.25) is 0 Å². The Labute approximate surface area is 133 Å². The molecular weight excluding hydrogens is 280 g/mol. The number of methoxy groups -OCH3 is 1. The number of benzene rings is 1. The van der Waals surface area contributed by atoms with E-state index in [1.165, 1.54) is 32.4 Å². The summed E-state index contributed by atoms with van der Waals surface area (Å²) in [6.07, 6.45) is 5.72. The highest BCUT2D eigenvalue weighted by Crippen LogP contribution is 2.23. The first-order chi connectivity index (χ1) is 10.5. The van der Waals surface area contributed by atoms with Gasteiger partial charge in [0.25, 0.3) is 5.91 Å². The van der Waals surface area contributed by atoms with Crippen molar-refractivity contribution in [3.8, 4) is 11.5 Å². The number of ether oxygens (including phenoxy) is 1. The van der Waals surface area contributed by atoms with Crippen LogP contribution in [0.3, 0.4) is 0 Å². The van der Waals surface area contributed by atoms with Gasteiger partial charge in [-0.25, -0.2) is 0 Å². The molecule has 0 aliphatic heterocycles. The van der Waals surface area contributed by atoms with Gasteiger partial charge in [-0.15, -0.1) is 0 Å². The van der Waals surface area contributed by atoms with Crippen LogP contribution in [0.4, 0.5) is 0 Å². The van der Waals surface area contributed by atoms with Gasteiger partial charge in [0.15, 0.2) is 0 Å². The Morgan fingerprint density at radius 2 is 1.86 bits per heavy atom. The van der Waals surface area contributed by atoms with Gasteiger partial charge in [-0.05, 0) is 45.6 Å². The van der Waals surface area contributed by atoms with E-state index in [0.29, 0.717) is 12.3 Å². The molecule has 1 rings (SSSR count). The Morgan fingerprint density at radius 1 is 1.18 bits per heavy atom. The summed E-state index contributed by atoms with van der Waals surface area (Å²) in [4.78, 5) is 14.2. The number of nitrogens with one attached hydrogen (secondary N) is 1. The summed E-state index contributed by atoms with van der Waals surface area (Å²) < 4.78 is 5.00. The van der Waals surface area contributed by atoms with Crippen molar-refractivity contribution in [2.24, 2.45) is 0 Å². The Bertz CT molecular complexity index is 461. The topological polar surface area (TPSA) is 61.8 Å². The molecule has 0 saturated carbocycles. The molecule has 0 radical (unpaired) electrons. The number of aromatic hydroxyl groups is 1. The van der Waals surface area contributed by atoms with E-state index < -0.39 is 0 Å². The van der Waals surface area contributed by atoms with Crippen LogP contribution in [0.15, 0.2) is 18.2 Å². The highest BCUT2D eigenvalue weighted by atomic mass is 16.5. The molecule has 1 amide bonds. The summed E-state index contributed by atoms with van der Waals surface area (Å²) in [5.74, 6) is 0.236. The van der Waals surface area contributed by atoms with E-state index in [0.717, 1.165) is 19.4 Å². The van der Waals surface area contributed by atoms with Crippen LogP contribution >= 0.6 is 0 Å². The molecule has 0 fully saturated rings. The molecule has 0 aromatic heterocycles. The van der Waals surface area contributed by atoms with Gasteiger partial charge in [0, 0.05) is 12.6 Å². The quantitative estimate of drug-likeness (QED) is 0.652. The highest BCUT2D eigenvalue weighted by Gasteiger charge is 2.11. The van der Waals surface area contributed by atoms with E-state index in [1.807, 2.05) is 0 Å². The second kappa shape index (κ2) is 10.1. The van der Waals surface area contributed by atoms with Crippen molar-refractivity contribution in [3.05, 3.63) is 23.8 Å². The van der Waals surface area contributed by atoms with Crippen LogP contribution in [-0.2, 0) is 0 Å². The smallest absolute Gasteiger partial charge is 0.255 e. The van der Waals surface area contributed by atoms with Gasteiger partial charge < -0.3 is 20.1 Å². The average Bonchev–Trinajstić information content (AvgIpc) is 2.49. The summed E-state index contributed by atoms with van der Waals surface area (Å²) >= 11 is 0. The van der Waals surface area contributed by atoms with Crippen LogP contribution in [0.1, 0.15) is 42.5 Å². The minimum Gasteiger partial charge on any atom is -0.507 e. The summed E-state index contributed by atoms with van der Waals surface area (Å²) in [6.45, 7) is 1.77. The maximum atomic E-state index is 12.0. The normalized spacial score (nSPS) is 10.7. The number of phenols is 1. The Hall–Kier alpha value is -1.75. The lowest BCUT2D eigenvalue weighted by Gasteiger charge is -2.09. The molecule has 0 heterocycles. The number of hydrogen-bond donors (Lipinski definition) is 2. The van der Waals surface area contributed by atoms with Gasteiger partial charge >= 0.3 is 0 Å². The van der Waals surface area contributed by atoms with Crippen molar-refractivity contribution in [3.63, 3.8) is 0 Å². The third-order valence-corrected chi connectivity index (χ3v) is 3.52. The molecule has 22 heavy (non-hydrogen) atoms. The maximum Gasteiger partial charge on any atom is 0.255 e. The fourth-order valence-electron chi connectivity index (χ4n) is 2.21. The predicted molar refractivity (Wildman–Crippen MR) is 88.6 cm³/mol. The molecule has 0 aliphatic rings. The van der Waals surface area contributed by atoms with Gasteiger partial charge in [-0.2, -0.15) is 0 Å². The molecule has 1 aromatic rings. The van der Waals surface area contributed by atoms with Crippen molar-refractivity contribution >= 4 is 5.91 Å². The molecule has 5 heteroatoms. The van der Waals surface area contributed by atoms with Crippen molar-refractivity contribution in [1.82, 2.24) is 10.2 Å². The first kappa shape index (κ1) is 18.3. The van der Waals surface area contributed by atoms with Crippen LogP contribution in [-0.4, -0.2) is 50.2 Å². The number of carbonyl (C=O) groups excluding carboxylic acids is 1. The van der Waals surface area contributed by atoms with Crippen molar-refractivity contribution < 1.29 is 14.6 Å². The van der Waals surface area contributed by atoms with E-state index in [9.17, 15) is 9.90 Å². The minimum atomic E-state index is -0.243. The Kier molecular flexibility index (Phi) is 8.36. The molecule has 0 bridgehead atoms. The molecule has 5 nitrogen and oxygen atoms in total. The van der Waals surface area contributed by atoms with Crippen molar-refractivity contribution in [1.29, 1.82) is 0 Å². The number of carbonyl (C=O) groups is 1. The third-order valence-electron chi connectivity index (χ3n) is 3.52. The van der Waals surface area contributed by atoms with Crippen LogP contribution in [0.5, 0.6) is 11.5 Å². The number of nitrogens with zero attached hydrogens (tertiary/aromatic N) is 1. The zero-order chi connectivity index (χ0) is 16.4. The zero-order valence-electron chi connectivity index (χ0n) is 13.9. The highest BCUT2D eigenvalue weighted by molar-refractivity contribution is 5.96. The lowest BCUT2D eigenvalue weighted by Crippen LogP contribution is -2.24. The van der Waals surface area contributed by atoms with Crippen molar-refractivity contribution in [2.75, 3.05) is 34.3 Å².